The van der Waals surface area contributed by atoms with Crippen LogP contribution in [-0.2, 0) is 0 Å². The summed E-state index contributed by atoms with van der Waals surface area (Å²) in [6.45, 7) is 5.58. The van der Waals surface area contributed by atoms with E-state index in [0.717, 1.165) is 22.1 Å². The Bertz CT molecular complexity index is 1270. The van der Waals surface area contributed by atoms with Crippen molar-refractivity contribution < 1.29 is 9.21 Å². The number of amides is 1. The van der Waals surface area contributed by atoms with Crippen molar-refractivity contribution in [3.05, 3.63) is 81.5 Å². The number of aromatic amines is 1. The van der Waals surface area contributed by atoms with E-state index in [4.69, 9.17) is 4.42 Å². The van der Waals surface area contributed by atoms with Crippen LogP contribution in [0, 0.1) is 20.8 Å². The maximum Gasteiger partial charge on any atom is 0.291 e. The Labute approximate surface area is 161 Å². The van der Waals surface area contributed by atoms with E-state index < -0.39 is 0 Å². The summed E-state index contributed by atoms with van der Waals surface area (Å²) < 4.78 is 5.84. The maximum absolute atomic E-state index is 12.8. The SMILES string of the molecule is Cc1cc(=O)[nH]c(-c2cccc(NC(=O)c3oc4c(C)cccc4c3C)c2)n1. The standard InChI is InChI=1S/C22H19N3O3/c1-12-6-4-9-17-14(3)20(28-19(12)17)22(27)24-16-8-5-7-15(11-16)21-23-13(2)10-18(26)25-21/h4-11H,1-3H3,(H,24,27)(H,23,25,26). The summed E-state index contributed by atoms with van der Waals surface area (Å²) in [6.07, 6.45) is 0. The summed E-state index contributed by atoms with van der Waals surface area (Å²) in [7, 11) is 0. The monoisotopic (exact) mass is 373 g/mol. The number of para-hydroxylation sites is 1. The second-order valence-electron chi connectivity index (χ2n) is 6.78. The number of hydrogen-bond donors (Lipinski definition) is 2. The first-order valence-electron chi connectivity index (χ1n) is 8.91. The van der Waals surface area contributed by atoms with Crippen LogP contribution in [0.15, 0.2) is 57.7 Å². The molecule has 4 rings (SSSR count). The largest absolute Gasteiger partial charge is 0.450 e. The number of anilines is 1. The van der Waals surface area contributed by atoms with Crippen LogP contribution in [0.25, 0.3) is 22.4 Å². The first-order valence-corrected chi connectivity index (χ1v) is 8.91. The van der Waals surface area contributed by atoms with E-state index in [2.05, 4.69) is 15.3 Å². The molecule has 0 aliphatic heterocycles. The van der Waals surface area contributed by atoms with E-state index >= 15 is 0 Å². The summed E-state index contributed by atoms with van der Waals surface area (Å²) in [5.74, 6) is 0.421. The molecule has 0 unspecified atom stereocenters. The number of fused-ring (bicyclic) bond motifs is 1. The van der Waals surface area contributed by atoms with Crippen molar-refractivity contribution in [3.8, 4) is 11.4 Å². The third kappa shape index (κ3) is 3.20. The Hall–Kier alpha value is -3.67. The molecule has 2 heterocycles. The molecule has 140 valence electrons. The fourth-order valence-corrected chi connectivity index (χ4v) is 3.25. The van der Waals surface area contributed by atoms with Gasteiger partial charge in [0, 0.05) is 34.0 Å². The molecule has 6 nitrogen and oxygen atoms in total. The molecule has 2 aromatic heterocycles. The van der Waals surface area contributed by atoms with E-state index in [1.165, 1.54) is 6.07 Å². The Kier molecular flexibility index (Phi) is 4.31. The topological polar surface area (TPSA) is 88.0 Å². The number of nitrogens with zero attached hydrogens (tertiary/aromatic N) is 1. The number of carbonyl (C=O) groups is 1. The molecule has 0 radical (unpaired) electrons. The third-order valence-corrected chi connectivity index (χ3v) is 4.63. The van der Waals surface area contributed by atoms with Gasteiger partial charge in [-0.25, -0.2) is 4.98 Å². The number of rotatable bonds is 3. The van der Waals surface area contributed by atoms with Crippen LogP contribution >= 0.6 is 0 Å². The van der Waals surface area contributed by atoms with Gasteiger partial charge >= 0.3 is 0 Å². The van der Waals surface area contributed by atoms with Gasteiger partial charge in [0.2, 0.25) is 0 Å². The Morgan fingerprint density at radius 3 is 2.61 bits per heavy atom. The van der Waals surface area contributed by atoms with Crippen molar-refractivity contribution in [1.82, 2.24) is 9.97 Å². The van der Waals surface area contributed by atoms with Gasteiger partial charge in [0.25, 0.3) is 11.5 Å². The van der Waals surface area contributed by atoms with Crippen LogP contribution in [0.5, 0.6) is 0 Å². The van der Waals surface area contributed by atoms with Gasteiger partial charge in [-0.05, 0) is 38.5 Å². The molecule has 4 aromatic rings. The minimum atomic E-state index is -0.323. The van der Waals surface area contributed by atoms with E-state index in [1.54, 1.807) is 25.1 Å². The van der Waals surface area contributed by atoms with Crippen LogP contribution in [0.2, 0.25) is 0 Å². The van der Waals surface area contributed by atoms with Gasteiger partial charge in [-0.2, -0.15) is 0 Å². The highest BCUT2D eigenvalue weighted by Crippen LogP contribution is 2.28. The van der Waals surface area contributed by atoms with E-state index in [0.29, 0.717) is 22.8 Å². The molecule has 0 aliphatic carbocycles. The highest BCUT2D eigenvalue weighted by molar-refractivity contribution is 6.06. The lowest BCUT2D eigenvalue weighted by molar-refractivity contribution is 0.0998. The maximum atomic E-state index is 12.8. The molecule has 2 N–H and O–H groups in total. The second kappa shape index (κ2) is 6.81. The zero-order chi connectivity index (χ0) is 19.8. The highest BCUT2D eigenvalue weighted by Gasteiger charge is 2.18. The number of carbonyl (C=O) groups excluding carboxylic acids is 1. The zero-order valence-corrected chi connectivity index (χ0v) is 15.8. The average Bonchev–Trinajstić information content (AvgIpc) is 3.00. The average molecular weight is 373 g/mol. The second-order valence-corrected chi connectivity index (χ2v) is 6.78. The molecular formula is C22H19N3O3. The smallest absolute Gasteiger partial charge is 0.291 e. The van der Waals surface area contributed by atoms with Gasteiger partial charge in [0.1, 0.15) is 11.4 Å². The number of benzene rings is 2. The van der Waals surface area contributed by atoms with Gasteiger partial charge < -0.3 is 14.7 Å². The molecule has 0 bridgehead atoms. The van der Waals surface area contributed by atoms with Gasteiger partial charge in [0.15, 0.2) is 5.76 Å². The quantitative estimate of drug-likeness (QED) is 0.558. The summed E-state index contributed by atoms with van der Waals surface area (Å²) >= 11 is 0. The number of furan rings is 1. The number of aromatic nitrogens is 2. The van der Waals surface area contributed by atoms with Crippen molar-refractivity contribution >= 4 is 22.6 Å². The number of H-pyrrole nitrogens is 1. The molecule has 1 amide bonds. The Balaban J connectivity index is 1.67. The van der Waals surface area contributed by atoms with Crippen LogP contribution in [0.4, 0.5) is 5.69 Å². The molecule has 0 spiro atoms. The summed E-state index contributed by atoms with van der Waals surface area (Å²) in [6, 6.07) is 14.4. The number of hydrogen-bond acceptors (Lipinski definition) is 4. The fourth-order valence-electron chi connectivity index (χ4n) is 3.25. The van der Waals surface area contributed by atoms with Crippen molar-refractivity contribution in [1.29, 1.82) is 0 Å². The highest BCUT2D eigenvalue weighted by atomic mass is 16.3. The molecule has 0 saturated carbocycles. The lowest BCUT2D eigenvalue weighted by atomic mass is 10.1. The van der Waals surface area contributed by atoms with Gasteiger partial charge in [-0.15, -0.1) is 0 Å². The first kappa shape index (κ1) is 17.7. The summed E-state index contributed by atoms with van der Waals surface area (Å²) in [5, 5.41) is 3.80. The minimum Gasteiger partial charge on any atom is -0.450 e. The van der Waals surface area contributed by atoms with Crippen molar-refractivity contribution in [2.45, 2.75) is 20.8 Å². The van der Waals surface area contributed by atoms with Crippen LogP contribution in [-0.4, -0.2) is 15.9 Å². The van der Waals surface area contributed by atoms with Gasteiger partial charge in [0.05, 0.1) is 0 Å². The van der Waals surface area contributed by atoms with Gasteiger partial charge in [-0.3, -0.25) is 9.59 Å². The molecule has 0 atom stereocenters. The molecule has 0 fully saturated rings. The molecule has 0 aliphatic rings. The van der Waals surface area contributed by atoms with Crippen molar-refractivity contribution in [2.24, 2.45) is 0 Å². The summed E-state index contributed by atoms with van der Waals surface area (Å²) in [4.78, 5) is 31.6. The number of aryl methyl sites for hydroxylation is 3. The molecule has 6 heteroatoms. The van der Waals surface area contributed by atoms with Crippen LogP contribution in [0.1, 0.15) is 27.4 Å². The summed E-state index contributed by atoms with van der Waals surface area (Å²) in [5.41, 5.74) is 4.21. The predicted molar refractivity (Wildman–Crippen MR) is 109 cm³/mol. The molecule has 28 heavy (non-hydrogen) atoms. The Morgan fingerprint density at radius 2 is 1.86 bits per heavy atom. The lowest BCUT2D eigenvalue weighted by Gasteiger charge is -2.07. The van der Waals surface area contributed by atoms with Crippen LogP contribution in [0.3, 0.4) is 0 Å². The van der Waals surface area contributed by atoms with Crippen molar-refractivity contribution in [3.63, 3.8) is 0 Å². The predicted octanol–water partition coefficient (Wildman–Crippen LogP) is 4.36. The van der Waals surface area contributed by atoms with E-state index in [-0.39, 0.29) is 17.2 Å². The van der Waals surface area contributed by atoms with E-state index in [9.17, 15) is 9.59 Å². The Morgan fingerprint density at radius 1 is 1.07 bits per heavy atom. The third-order valence-electron chi connectivity index (χ3n) is 4.63. The van der Waals surface area contributed by atoms with Crippen molar-refractivity contribution in [2.75, 3.05) is 5.32 Å². The normalized spacial score (nSPS) is 11.0. The molecular weight excluding hydrogens is 354 g/mol. The lowest BCUT2D eigenvalue weighted by Crippen LogP contribution is -2.12. The van der Waals surface area contributed by atoms with E-state index in [1.807, 2.05) is 38.1 Å². The minimum absolute atomic E-state index is 0.217. The van der Waals surface area contributed by atoms with Crippen LogP contribution < -0.4 is 10.9 Å². The zero-order valence-electron chi connectivity index (χ0n) is 15.8. The molecule has 0 saturated heterocycles. The molecule has 2 aromatic carbocycles. The number of nitrogens with one attached hydrogen (secondary N) is 2. The fraction of sp³-hybridized carbons (Fsp3) is 0.136. The van der Waals surface area contributed by atoms with Gasteiger partial charge in [-0.1, -0.05) is 30.3 Å². The first-order chi connectivity index (χ1) is 13.4.